The van der Waals surface area contributed by atoms with Crippen LogP contribution in [-0.2, 0) is 4.79 Å². The largest absolute Gasteiger partial charge is 0.496 e. The van der Waals surface area contributed by atoms with Crippen LogP contribution < -0.4 is 10.5 Å². The van der Waals surface area contributed by atoms with Crippen molar-refractivity contribution >= 4 is 21.9 Å². The number of methoxy groups -OCH3 is 1. The van der Waals surface area contributed by atoms with Crippen LogP contribution in [0.15, 0.2) is 22.7 Å². The SMILES string of the molecule is CCC(C(=O)O)C(N)c1cc(Br)ccc1OC. The molecule has 3 N–H and O–H groups in total. The Morgan fingerprint density at radius 1 is 1.59 bits per heavy atom. The molecule has 4 nitrogen and oxygen atoms in total. The fourth-order valence-corrected chi connectivity index (χ4v) is 2.14. The fourth-order valence-electron chi connectivity index (χ4n) is 1.76. The highest BCUT2D eigenvalue weighted by Crippen LogP contribution is 2.32. The normalized spacial score (nSPS) is 14.1. The van der Waals surface area contributed by atoms with E-state index in [1.54, 1.807) is 19.2 Å². The topological polar surface area (TPSA) is 72.5 Å². The van der Waals surface area contributed by atoms with Crippen LogP contribution in [0.5, 0.6) is 5.75 Å². The van der Waals surface area contributed by atoms with Crippen molar-refractivity contribution in [3.8, 4) is 5.75 Å². The van der Waals surface area contributed by atoms with Crippen molar-refractivity contribution < 1.29 is 14.6 Å². The van der Waals surface area contributed by atoms with Crippen molar-refractivity contribution in [3.63, 3.8) is 0 Å². The first-order valence-corrected chi connectivity index (χ1v) is 6.12. The van der Waals surface area contributed by atoms with Crippen molar-refractivity contribution in [2.75, 3.05) is 7.11 Å². The molecule has 94 valence electrons. The summed E-state index contributed by atoms with van der Waals surface area (Å²) in [5, 5.41) is 9.11. The quantitative estimate of drug-likeness (QED) is 0.877. The van der Waals surface area contributed by atoms with Crippen molar-refractivity contribution in [1.29, 1.82) is 0 Å². The number of carboxylic acids is 1. The molecular weight excluding hydrogens is 286 g/mol. The third-order valence-electron chi connectivity index (χ3n) is 2.74. The van der Waals surface area contributed by atoms with Crippen LogP contribution in [0.1, 0.15) is 24.9 Å². The van der Waals surface area contributed by atoms with Crippen molar-refractivity contribution in [2.45, 2.75) is 19.4 Å². The summed E-state index contributed by atoms with van der Waals surface area (Å²) in [7, 11) is 1.54. The van der Waals surface area contributed by atoms with Crippen LogP contribution in [0, 0.1) is 5.92 Å². The number of carbonyl (C=O) groups is 1. The molecule has 0 fully saturated rings. The van der Waals surface area contributed by atoms with Crippen LogP contribution in [0.25, 0.3) is 0 Å². The zero-order chi connectivity index (χ0) is 13.0. The molecule has 0 heterocycles. The van der Waals surface area contributed by atoms with E-state index in [4.69, 9.17) is 15.6 Å². The summed E-state index contributed by atoms with van der Waals surface area (Å²) >= 11 is 3.34. The molecule has 2 unspecified atom stereocenters. The van der Waals surface area contributed by atoms with Gasteiger partial charge in [0.1, 0.15) is 5.75 Å². The highest BCUT2D eigenvalue weighted by atomic mass is 79.9. The standard InChI is InChI=1S/C12H16BrNO3/c1-3-8(12(15)16)11(14)9-6-7(13)4-5-10(9)17-2/h4-6,8,11H,3,14H2,1-2H3,(H,15,16). The number of hydrogen-bond acceptors (Lipinski definition) is 3. The first kappa shape index (κ1) is 14.0. The van der Waals surface area contributed by atoms with E-state index in [2.05, 4.69) is 15.9 Å². The van der Waals surface area contributed by atoms with Gasteiger partial charge in [0.25, 0.3) is 0 Å². The average molecular weight is 302 g/mol. The van der Waals surface area contributed by atoms with Gasteiger partial charge in [0.15, 0.2) is 0 Å². The predicted octanol–water partition coefficient (Wildman–Crippen LogP) is 2.57. The van der Waals surface area contributed by atoms with E-state index in [0.29, 0.717) is 17.7 Å². The lowest BCUT2D eigenvalue weighted by molar-refractivity contribution is -0.142. The summed E-state index contributed by atoms with van der Waals surface area (Å²) in [5.74, 6) is -0.888. The van der Waals surface area contributed by atoms with E-state index >= 15 is 0 Å². The highest BCUT2D eigenvalue weighted by Gasteiger charge is 2.26. The monoisotopic (exact) mass is 301 g/mol. The Morgan fingerprint density at radius 3 is 2.71 bits per heavy atom. The van der Waals surface area contributed by atoms with Gasteiger partial charge in [-0.3, -0.25) is 4.79 Å². The number of ether oxygens (including phenoxy) is 1. The Morgan fingerprint density at radius 2 is 2.24 bits per heavy atom. The van der Waals surface area contributed by atoms with Crippen molar-refractivity contribution in [2.24, 2.45) is 11.7 Å². The molecule has 0 saturated carbocycles. The average Bonchev–Trinajstić information content (AvgIpc) is 2.29. The Kier molecular flexibility index (Phi) is 4.96. The number of aliphatic carboxylic acids is 1. The van der Waals surface area contributed by atoms with Gasteiger partial charge >= 0.3 is 5.97 Å². The van der Waals surface area contributed by atoms with Crippen LogP contribution >= 0.6 is 15.9 Å². The Labute approximate surface area is 109 Å². The number of benzene rings is 1. The van der Waals surface area contributed by atoms with Gasteiger partial charge in [-0.1, -0.05) is 22.9 Å². The molecule has 0 bridgehead atoms. The number of nitrogens with two attached hydrogens (primary N) is 1. The van der Waals surface area contributed by atoms with Gasteiger partial charge in [0.2, 0.25) is 0 Å². The Balaban J connectivity index is 3.13. The number of carboxylic acid groups (broad SMARTS) is 1. The van der Waals surface area contributed by atoms with Gasteiger partial charge in [0.05, 0.1) is 13.0 Å². The molecule has 0 radical (unpaired) electrons. The first-order chi connectivity index (χ1) is 8.01. The van der Waals surface area contributed by atoms with Crippen LogP contribution in [-0.4, -0.2) is 18.2 Å². The lowest BCUT2D eigenvalue weighted by Gasteiger charge is -2.21. The Hall–Kier alpha value is -1.07. The van der Waals surface area contributed by atoms with Crippen LogP contribution in [0.2, 0.25) is 0 Å². The molecule has 1 rings (SSSR count). The second kappa shape index (κ2) is 6.02. The molecule has 0 amide bonds. The fraction of sp³-hybridized carbons (Fsp3) is 0.417. The van der Waals surface area contributed by atoms with Gasteiger partial charge in [-0.25, -0.2) is 0 Å². The lowest BCUT2D eigenvalue weighted by Crippen LogP contribution is -2.28. The molecule has 2 atom stereocenters. The summed E-state index contributed by atoms with van der Waals surface area (Å²) in [6, 6.07) is 4.82. The maximum atomic E-state index is 11.1. The number of hydrogen-bond donors (Lipinski definition) is 2. The summed E-state index contributed by atoms with van der Waals surface area (Å²) in [6.07, 6.45) is 0.478. The lowest BCUT2D eigenvalue weighted by atomic mass is 9.91. The first-order valence-electron chi connectivity index (χ1n) is 5.33. The van der Waals surface area contributed by atoms with Gasteiger partial charge in [0, 0.05) is 16.1 Å². The number of rotatable bonds is 5. The molecule has 0 aromatic heterocycles. The zero-order valence-electron chi connectivity index (χ0n) is 9.81. The minimum absolute atomic E-state index is 0.478. The van der Waals surface area contributed by atoms with Crippen LogP contribution in [0.4, 0.5) is 0 Å². The second-order valence-electron chi connectivity index (χ2n) is 3.77. The van der Waals surface area contributed by atoms with Crippen molar-refractivity contribution in [3.05, 3.63) is 28.2 Å². The summed E-state index contributed by atoms with van der Waals surface area (Å²) in [6.45, 7) is 1.81. The third kappa shape index (κ3) is 3.20. The van der Waals surface area contributed by atoms with E-state index in [1.807, 2.05) is 13.0 Å². The molecule has 0 aliphatic rings. The van der Waals surface area contributed by atoms with Gasteiger partial charge in [-0.15, -0.1) is 0 Å². The molecule has 0 saturated heterocycles. The van der Waals surface area contributed by atoms with E-state index in [-0.39, 0.29) is 0 Å². The van der Waals surface area contributed by atoms with E-state index in [0.717, 1.165) is 4.47 Å². The molecule has 0 spiro atoms. The summed E-state index contributed by atoms with van der Waals surface area (Å²) in [4.78, 5) is 11.1. The molecule has 0 aliphatic carbocycles. The van der Waals surface area contributed by atoms with E-state index < -0.39 is 17.9 Å². The minimum Gasteiger partial charge on any atom is -0.496 e. The number of halogens is 1. The highest BCUT2D eigenvalue weighted by molar-refractivity contribution is 9.10. The minimum atomic E-state index is -0.887. The van der Waals surface area contributed by atoms with E-state index in [9.17, 15) is 4.79 Å². The summed E-state index contributed by atoms with van der Waals surface area (Å²) in [5.41, 5.74) is 6.72. The molecular formula is C12H16BrNO3. The molecule has 1 aromatic carbocycles. The maximum absolute atomic E-state index is 11.1. The maximum Gasteiger partial charge on any atom is 0.308 e. The molecule has 1 aromatic rings. The smallest absolute Gasteiger partial charge is 0.308 e. The summed E-state index contributed by atoms with van der Waals surface area (Å²) < 4.78 is 6.05. The predicted molar refractivity (Wildman–Crippen MR) is 69.0 cm³/mol. The third-order valence-corrected chi connectivity index (χ3v) is 3.23. The molecule has 17 heavy (non-hydrogen) atoms. The zero-order valence-corrected chi connectivity index (χ0v) is 11.4. The van der Waals surface area contributed by atoms with E-state index in [1.165, 1.54) is 0 Å². The van der Waals surface area contributed by atoms with Gasteiger partial charge in [-0.2, -0.15) is 0 Å². The second-order valence-corrected chi connectivity index (χ2v) is 4.68. The van der Waals surface area contributed by atoms with Crippen molar-refractivity contribution in [1.82, 2.24) is 0 Å². The molecule has 5 heteroatoms. The van der Waals surface area contributed by atoms with Gasteiger partial charge < -0.3 is 15.6 Å². The van der Waals surface area contributed by atoms with Crippen LogP contribution in [0.3, 0.4) is 0 Å². The van der Waals surface area contributed by atoms with Gasteiger partial charge in [-0.05, 0) is 24.6 Å². The Bertz CT molecular complexity index is 409. The molecule has 0 aliphatic heterocycles.